The van der Waals surface area contributed by atoms with Crippen molar-refractivity contribution in [2.45, 2.75) is 6.42 Å². The van der Waals surface area contributed by atoms with Gasteiger partial charge in [0, 0.05) is 26.7 Å². The predicted octanol–water partition coefficient (Wildman–Crippen LogP) is 0.174. The molecule has 2 rings (SSSR count). The molecule has 0 spiro atoms. The van der Waals surface area contributed by atoms with Crippen LogP contribution < -0.4 is 5.32 Å². The van der Waals surface area contributed by atoms with E-state index in [0.29, 0.717) is 0 Å². The summed E-state index contributed by atoms with van der Waals surface area (Å²) in [6.45, 7) is 6.98. The van der Waals surface area contributed by atoms with E-state index < -0.39 is 0 Å². The number of ether oxygens (including phenoxy) is 1. The SMILES string of the molecule is COCCN1CC2CNCC(C2)C1. The van der Waals surface area contributed by atoms with Gasteiger partial charge in [0.15, 0.2) is 0 Å². The second kappa shape index (κ2) is 4.40. The molecule has 3 heteroatoms. The summed E-state index contributed by atoms with van der Waals surface area (Å²) in [7, 11) is 1.78. The van der Waals surface area contributed by atoms with Gasteiger partial charge in [-0.15, -0.1) is 0 Å². The van der Waals surface area contributed by atoms with Crippen LogP contribution in [0.25, 0.3) is 0 Å². The standard InChI is InChI=1S/C10H20N2O/c1-13-3-2-12-7-9-4-10(8-12)6-11-5-9/h9-11H,2-8H2,1H3. The third kappa shape index (κ3) is 2.42. The summed E-state index contributed by atoms with van der Waals surface area (Å²) < 4.78 is 5.11. The number of methoxy groups -OCH3 is 1. The number of hydrogen-bond donors (Lipinski definition) is 1. The van der Waals surface area contributed by atoms with Crippen molar-refractivity contribution in [3.63, 3.8) is 0 Å². The van der Waals surface area contributed by atoms with E-state index in [9.17, 15) is 0 Å². The molecule has 2 aliphatic rings. The van der Waals surface area contributed by atoms with Crippen LogP contribution in [0, 0.1) is 11.8 Å². The molecule has 0 aliphatic carbocycles. The van der Waals surface area contributed by atoms with Crippen LogP contribution in [0.4, 0.5) is 0 Å². The van der Waals surface area contributed by atoms with Crippen LogP contribution in [-0.4, -0.2) is 51.3 Å². The molecule has 0 aromatic heterocycles. The number of hydrogen-bond acceptors (Lipinski definition) is 3. The number of likely N-dealkylation sites (tertiary alicyclic amines) is 1. The normalized spacial score (nSPS) is 34.8. The van der Waals surface area contributed by atoms with E-state index in [1.807, 2.05) is 0 Å². The van der Waals surface area contributed by atoms with Crippen molar-refractivity contribution < 1.29 is 4.74 Å². The maximum atomic E-state index is 5.11. The van der Waals surface area contributed by atoms with E-state index in [-0.39, 0.29) is 0 Å². The Bertz CT molecular complexity index is 151. The molecule has 0 saturated carbocycles. The van der Waals surface area contributed by atoms with Gasteiger partial charge in [-0.2, -0.15) is 0 Å². The van der Waals surface area contributed by atoms with Gasteiger partial charge in [0.05, 0.1) is 6.61 Å². The van der Waals surface area contributed by atoms with Gasteiger partial charge in [-0.25, -0.2) is 0 Å². The van der Waals surface area contributed by atoms with E-state index in [2.05, 4.69) is 10.2 Å². The van der Waals surface area contributed by atoms with Gasteiger partial charge in [-0.3, -0.25) is 0 Å². The van der Waals surface area contributed by atoms with Crippen LogP contribution in [0.2, 0.25) is 0 Å². The van der Waals surface area contributed by atoms with Crippen molar-refractivity contribution in [3.8, 4) is 0 Å². The number of nitrogens with one attached hydrogen (secondary N) is 1. The highest BCUT2D eigenvalue weighted by Gasteiger charge is 2.29. The van der Waals surface area contributed by atoms with Crippen LogP contribution in [0.5, 0.6) is 0 Å². The lowest BCUT2D eigenvalue weighted by molar-refractivity contribution is 0.0703. The fraction of sp³-hybridized carbons (Fsp3) is 1.00. The molecule has 0 amide bonds. The molecule has 2 bridgehead atoms. The van der Waals surface area contributed by atoms with Gasteiger partial charge < -0.3 is 15.0 Å². The Morgan fingerprint density at radius 3 is 2.62 bits per heavy atom. The molecule has 2 unspecified atom stereocenters. The summed E-state index contributed by atoms with van der Waals surface area (Å²) in [4.78, 5) is 2.56. The van der Waals surface area contributed by atoms with Crippen molar-refractivity contribution in [1.29, 1.82) is 0 Å². The van der Waals surface area contributed by atoms with E-state index in [4.69, 9.17) is 4.74 Å². The Kier molecular flexibility index (Phi) is 3.19. The Morgan fingerprint density at radius 1 is 1.31 bits per heavy atom. The lowest BCUT2D eigenvalue weighted by Gasteiger charge is -2.41. The quantitative estimate of drug-likeness (QED) is 0.677. The molecule has 76 valence electrons. The Morgan fingerprint density at radius 2 is 2.00 bits per heavy atom. The van der Waals surface area contributed by atoms with E-state index in [1.165, 1.54) is 32.6 Å². The van der Waals surface area contributed by atoms with Crippen LogP contribution in [-0.2, 0) is 4.74 Å². The van der Waals surface area contributed by atoms with E-state index >= 15 is 0 Å². The van der Waals surface area contributed by atoms with Crippen molar-refractivity contribution in [2.24, 2.45) is 11.8 Å². The van der Waals surface area contributed by atoms with Gasteiger partial charge in [0.25, 0.3) is 0 Å². The molecular weight excluding hydrogens is 164 g/mol. The number of piperidine rings is 2. The third-order valence-corrected chi connectivity index (χ3v) is 3.18. The highest BCUT2D eigenvalue weighted by molar-refractivity contribution is 4.85. The summed E-state index contributed by atoms with van der Waals surface area (Å²) >= 11 is 0. The van der Waals surface area contributed by atoms with Crippen LogP contribution in [0.3, 0.4) is 0 Å². The zero-order valence-electron chi connectivity index (χ0n) is 8.46. The molecule has 2 atom stereocenters. The van der Waals surface area contributed by atoms with Gasteiger partial charge in [-0.05, 0) is 31.3 Å². The summed E-state index contributed by atoms with van der Waals surface area (Å²) in [6.07, 6.45) is 1.44. The first-order valence-corrected chi connectivity index (χ1v) is 5.30. The zero-order valence-corrected chi connectivity index (χ0v) is 8.46. The van der Waals surface area contributed by atoms with Crippen molar-refractivity contribution >= 4 is 0 Å². The second-order valence-corrected chi connectivity index (χ2v) is 4.38. The molecule has 1 N–H and O–H groups in total. The molecule has 2 fully saturated rings. The lowest BCUT2D eigenvalue weighted by Crippen LogP contribution is -2.51. The monoisotopic (exact) mass is 184 g/mol. The van der Waals surface area contributed by atoms with Crippen molar-refractivity contribution in [3.05, 3.63) is 0 Å². The summed E-state index contributed by atoms with van der Waals surface area (Å²) in [5.41, 5.74) is 0. The molecule has 0 radical (unpaired) electrons. The number of rotatable bonds is 3. The summed E-state index contributed by atoms with van der Waals surface area (Å²) in [6, 6.07) is 0. The van der Waals surface area contributed by atoms with Gasteiger partial charge in [0.2, 0.25) is 0 Å². The fourth-order valence-electron chi connectivity index (χ4n) is 2.62. The molecule has 0 aromatic carbocycles. The van der Waals surface area contributed by atoms with E-state index in [1.54, 1.807) is 7.11 Å². The molecule has 13 heavy (non-hydrogen) atoms. The van der Waals surface area contributed by atoms with Gasteiger partial charge in [0.1, 0.15) is 0 Å². The molecule has 2 aliphatic heterocycles. The van der Waals surface area contributed by atoms with Crippen molar-refractivity contribution in [2.75, 3.05) is 46.4 Å². The fourth-order valence-corrected chi connectivity index (χ4v) is 2.62. The minimum absolute atomic E-state index is 0.882. The minimum atomic E-state index is 0.882. The highest BCUT2D eigenvalue weighted by Crippen LogP contribution is 2.23. The maximum absolute atomic E-state index is 5.11. The number of fused-ring (bicyclic) bond motifs is 2. The first-order chi connectivity index (χ1) is 6.38. The first kappa shape index (κ1) is 9.44. The average molecular weight is 184 g/mol. The predicted molar refractivity (Wildman–Crippen MR) is 52.8 cm³/mol. The zero-order chi connectivity index (χ0) is 9.10. The van der Waals surface area contributed by atoms with E-state index in [0.717, 1.165) is 25.0 Å². The van der Waals surface area contributed by atoms with Crippen molar-refractivity contribution in [1.82, 2.24) is 10.2 Å². The number of nitrogens with zero attached hydrogens (tertiary/aromatic N) is 1. The molecule has 3 nitrogen and oxygen atoms in total. The molecule has 2 saturated heterocycles. The summed E-state index contributed by atoms with van der Waals surface area (Å²) in [5, 5.41) is 3.51. The maximum Gasteiger partial charge on any atom is 0.0589 e. The molecule has 0 aromatic rings. The molecule has 2 heterocycles. The van der Waals surface area contributed by atoms with Crippen LogP contribution in [0.15, 0.2) is 0 Å². The lowest BCUT2D eigenvalue weighted by atomic mass is 9.86. The topological polar surface area (TPSA) is 24.5 Å². The van der Waals surface area contributed by atoms with Gasteiger partial charge >= 0.3 is 0 Å². The Labute approximate surface area is 80.4 Å². The molecular formula is C10H20N2O. The van der Waals surface area contributed by atoms with Crippen LogP contribution >= 0.6 is 0 Å². The Balaban J connectivity index is 1.80. The van der Waals surface area contributed by atoms with Gasteiger partial charge in [-0.1, -0.05) is 0 Å². The highest BCUT2D eigenvalue weighted by atomic mass is 16.5. The summed E-state index contributed by atoms with van der Waals surface area (Å²) in [5.74, 6) is 1.79. The average Bonchev–Trinajstić information content (AvgIpc) is 2.14. The third-order valence-electron chi connectivity index (χ3n) is 3.18. The first-order valence-electron chi connectivity index (χ1n) is 5.30. The van der Waals surface area contributed by atoms with Crippen LogP contribution in [0.1, 0.15) is 6.42 Å². The second-order valence-electron chi connectivity index (χ2n) is 4.38. The largest absolute Gasteiger partial charge is 0.383 e. The smallest absolute Gasteiger partial charge is 0.0589 e. The minimum Gasteiger partial charge on any atom is -0.383 e. The Hall–Kier alpha value is -0.120.